The first-order chi connectivity index (χ1) is 9.38. The topological polar surface area (TPSA) is 36.4 Å². The van der Waals surface area contributed by atoms with Gasteiger partial charge in [-0.2, -0.15) is 0 Å². The Labute approximate surface area is 121 Å². The van der Waals surface area contributed by atoms with Crippen molar-refractivity contribution < 1.29 is 5.11 Å². The van der Waals surface area contributed by atoms with Crippen LogP contribution in [0.3, 0.4) is 0 Å². The van der Waals surface area contributed by atoms with E-state index >= 15 is 0 Å². The molecule has 2 aromatic rings. The third-order valence-corrected chi connectivity index (χ3v) is 4.49. The van der Waals surface area contributed by atoms with Crippen molar-refractivity contribution in [2.45, 2.75) is 38.8 Å². The summed E-state index contributed by atoms with van der Waals surface area (Å²) in [5.41, 5.74) is 2.66. The highest BCUT2D eigenvalue weighted by molar-refractivity contribution is 5.79. The van der Waals surface area contributed by atoms with Crippen LogP contribution in [0.25, 0.3) is 10.9 Å². The summed E-state index contributed by atoms with van der Waals surface area (Å²) in [6.07, 6.45) is 0.360. The molecule has 1 heterocycles. The maximum Gasteiger partial charge on any atom is 0.0970 e. The van der Waals surface area contributed by atoms with Crippen molar-refractivity contribution in [1.82, 2.24) is 9.88 Å². The molecule has 1 aromatic heterocycles. The molecule has 1 aromatic carbocycles. The van der Waals surface area contributed by atoms with Crippen LogP contribution in [0.4, 0.5) is 0 Å². The van der Waals surface area contributed by atoms with Gasteiger partial charge in [-0.25, -0.2) is 0 Å². The number of hydrogen-bond acceptors (Lipinski definition) is 3. The maximum atomic E-state index is 10.8. The van der Waals surface area contributed by atoms with Crippen molar-refractivity contribution in [3.63, 3.8) is 0 Å². The number of fused-ring (bicyclic) bond motifs is 1. The lowest BCUT2D eigenvalue weighted by Crippen LogP contribution is -2.46. The van der Waals surface area contributed by atoms with Crippen LogP contribution >= 0.6 is 0 Å². The minimum Gasteiger partial charge on any atom is -0.386 e. The van der Waals surface area contributed by atoms with E-state index in [2.05, 4.69) is 29.8 Å². The van der Waals surface area contributed by atoms with E-state index in [0.717, 1.165) is 28.6 Å². The second-order valence-electron chi connectivity index (χ2n) is 5.91. The monoisotopic (exact) mass is 272 g/mol. The molecule has 0 fully saturated rings. The van der Waals surface area contributed by atoms with E-state index in [-0.39, 0.29) is 5.54 Å². The number of aliphatic hydroxyl groups is 1. The van der Waals surface area contributed by atoms with Crippen LogP contribution in [-0.2, 0) is 0 Å². The average molecular weight is 272 g/mol. The van der Waals surface area contributed by atoms with Gasteiger partial charge in [0.25, 0.3) is 0 Å². The van der Waals surface area contributed by atoms with Gasteiger partial charge in [0, 0.05) is 16.6 Å². The number of pyridine rings is 1. The molecule has 3 heteroatoms. The van der Waals surface area contributed by atoms with E-state index < -0.39 is 6.10 Å². The highest BCUT2D eigenvalue weighted by atomic mass is 16.3. The number of aromatic nitrogens is 1. The summed E-state index contributed by atoms with van der Waals surface area (Å²) in [5, 5.41) is 11.8. The molecule has 1 N–H and O–H groups in total. The number of rotatable bonds is 4. The Morgan fingerprint density at radius 2 is 1.95 bits per heavy atom. The van der Waals surface area contributed by atoms with Gasteiger partial charge < -0.3 is 10.0 Å². The molecule has 0 saturated carbocycles. The minimum absolute atomic E-state index is 0.272. The predicted octanol–water partition coefficient (Wildman–Crippen LogP) is 3.31. The smallest absolute Gasteiger partial charge is 0.0970 e. The first-order valence-corrected chi connectivity index (χ1v) is 7.11. The van der Waals surface area contributed by atoms with Gasteiger partial charge in [0.1, 0.15) is 0 Å². The maximum absolute atomic E-state index is 10.8. The van der Waals surface area contributed by atoms with Gasteiger partial charge in [-0.05, 0) is 58.1 Å². The molecule has 2 atom stereocenters. The Kier molecular flexibility index (Phi) is 4.11. The van der Waals surface area contributed by atoms with Crippen LogP contribution in [0.1, 0.15) is 37.6 Å². The Bertz CT molecular complexity index is 609. The summed E-state index contributed by atoms with van der Waals surface area (Å²) in [7, 11) is 4.03. The standard InChI is InChI=1S/C17H24N2O/c1-6-17(3,19(4)5)16(20)14-9-10-15-13(11-14)8-7-12(2)18-15/h7-11,16,20H,6H2,1-5H3. The second kappa shape index (κ2) is 5.51. The number of aliphatic hydroxyl groups excluding tert-OH is 1. The van der Waals surface area contributed by atoms with Crippen LogP contribution in [0.2, 0.25) is 0 Å². The van der Waals surface area contributed by atoms with E-state index in [9.17, 15) is 5.11 Å². The summed E-state index contributed by atoms with van der Waals surface area (Å²) in [5.74, 6) is 0. The van der Waals surface area contributed by atoms with Crippen LogP contribution in [0.15, 0.2) is 30.3 Å². The molecule has 0 spiro atoms. The molecule has 108 valence electrons. The Morgan fingerprint density at radius 3 is 2.55 bits per heavy atom. The van der Waals surface area contributed by atoms with E-state index in [1.165, 1.54) is 0 Å². The van der Waals surface area contributed by atoms with E-state index in [1.54, 1.807) is 0 Å². The molecule has 0 aliphatic heterocycles. The fraction of sp³-hybridized carbons (Fsp3) is 0.471. The number of aryl methyl sites for hydroxylation is 1. The van der Waals surface area contributed by atoms with Crippen molar-refractivity contribution in [3.05, 3.63) is 41.6 Å². The zero-order chi connectivity index (χ0) is 14.9. The molecule has 0 aliphatic rings. The van der Waals surface area contributed by atoms with Gasteiger partial charge in [0.2, 0.25) is 0 Å². The Balaban J connectivity index is 2.45. The molecule has 0 bridgehead atoms. The molecule has 0 aliphatic carbocycles. The van der Waals surface area contributed by atoms with E-state index in [4.69, 9.17) is 0 Å². The lowest BCUT2D eigenvalue weighted by atomic mass is 9.85. The van der Waals surface area contributed by atoms with Gasteiger partial charge >= 0.3 is 0 Å². The SMILES string of the molecule is CCC(C)(C(O)c1ccc2nc(C)ccc2c1)N(C)C. The number of hydrogen-bond donors (Lipinski definition) is 1. The summed E-state index contributed by atoms with van der Waals surface area (Å²) >= 11 is 0. The van der Waals surface area contributed by atoms with E-state index in [1.807, 2.05) is 45.3 Å². The van der Waals surface area contributed by atoms with Crippen molar-refractivity contribution in [2.75, 3.05) is 14.1 Å². The lowest BCUT2D eigenvalue weighted by Gasteiger charge is -2.40. The van der Waals surface area contributed by atoms with E-state index in [0.29, 0.717) is 0 Å². The Morgan fingerprint density at radius 1 is 1.25 bits per heavy atom. The molecule has 0 radical (unpaired) electrons. The number of likely N-dealkylation sites (N-methyl/N-ethyl adjacent to an activating group) is 1. The fourth-order valence-electron chi connectivity index (χ4n) is 2.53. The quantitative estimate of drug-likeness (QED) is 0.927. The second-order valence-corrected chi connectivity index (χ2v) is 5.91. The fourth-order valence-corrected chi connectivity index (χ4v) is 2.53. The third-order valence-electron chi connectivity index (χ3n) is 4.49. The molecule has 2 rings (SSSR count). The molecular formula is C17H24N2O. The van der Waals surface area contributed by atoms with Crippen LogP contribution < -0.4 is 0 Å². The van der Waals surface area contributed by atoms with Crippen LogP contribution in [0, 0.1) is 6.92 Å². The molecule has 0 amide bonds. The van der Waals surface area contributed by atoms with Gasteiger partial charge in [-0.15, -0.1) is 0 Å². The summed E-state index contributed by atoms with van der Waals surface area (Å²) in [4.78, 5) is 6.59. The molecule has 20 heavy (non-hydrogen) atoms. The highest BCUT2D eigenvalue weighted by Gasteiger charge is 2.34. The van der Waals surface area contributed by atoms with Crippen molar-refractivity contribution in [2.24, 2.45) is 0 Å². The van der Waals surface area contributed by atoms with Crippen LogP contribution in [0.5, 0.6) is 0 Å². The number of benzene rings is 1. The Hall–Kier alpha value is -1.45. The summed E-state index contributed by atoms with van der Waals surface area (Å²) < 4.78 is 0. The normalized spacial score (nSPS) is 16.4. The third kappa shape index (κ3) is 2.56. The van der Waals surface area contributed by atoms with Crippen molar-refractivity contribution >= 4 is 10.9 Å². The van der Waals surface area contributed by atoms with Crippen LogP contribution in [-0.4, -0.2) is 34.6 Å². The van der Waals surface area contributed by atoms with Crippen molar-refractivity contribution in [3.8, 4) is 0 Å². The average Bonchev–Trinajstić information content (AvgIpc) is 2.44. The first kappa shape index (κ1) is 14.9. The lowest BCUT2D eigenvalue weighted by molar-refractivity contribution is 0.000943. The minimum atomic E-state index is -0.520. The predicted molar refractivity (Wildman–Crippen MR) is 83.8 cm³/mol. The number of nitrogens with zero attached hydrogens (tertiary/aromatic N) is 2. The molecule has 0 saturated heterocycles. The summed E-state index contributed by atoms with van der Waals surface area (Å²) in [6.45, 7) is 6.19. The zero-order valence-corrected chi connectivity index (χ0v) is 13.0. The first-order valence-electron chi connectivity index (χ1n) is 7.11. The zero-order valence-electron chi connectivity index (χ0n) is 13.0. The van der Waals surface area contributed by atoms with Gasteiger partial charge in [-0.1, -0.05) is 19.1 Å². The molecule has 3 nitrogen and oxygen atoms in total. The summed E-state index contributed by atoms with van der Waals surface area (Å²) in [6, 6.07) is 10.1. The molecule has 2 unspecified atom stereocenters. The van der Waals surface area contributed by atoms with Gasteiger partial charge in [0.15, 0.2) is 0 Å². The molecular weight excluding hydrogens is 248 g/mol. The van der Waals surface area contributed by atoms with Crippen molar-refractivity contribution in [1.29, 1.82) is 0 Å². The largest absolute Gasteiger partial charge is 0.386 e. The highest BCUT2D eigenvalue weighted by Crippen LogP contribution is 2.33. The van der Waals surface area contributed by atoms with Gasteiger partial charge in [0.05, 0.1) is 11.6 Å². The van der Waals surface area contributed by atoms with Gasteiger partial charge in [-0.3, -0.25) is 4.98 Å².